The van der Waals surface area contributed by atoms with E-state index in [9.17, 15) is 13.6 Å². The average molecular weight is 277 g/mol. The summed E-state index contributed by atoms with van der Waals surface area (Å²) in [6, 6.07) is 8.53. The number of aromatic carboxylic acids is 1. The first-order valence-electron chi connectivity index (χ1n) is 5.99. The molecule has 0 spiro atoms. The van der Waals surface area contributed by atoms with Crippen LogP contribution in [0.25, 0.3) is 0 Å². The van der Waals surface area contributed by atoms with Crippen LogP contribution in [0.5, 0.6) is 0 Å². The van der Waals surface area contributed by atoms with E-state index in [0.717, 1.165) is 17.8 Å². The van der Waals surface area contributed by atoms with E-state index < -0.39 is 17.6 Å². The molecule has 2 aromatic carbocycles. The Morgan fingerprint density at radius 1 is 1.15 bits per heavy atom. The fourth-order valence-electron chi connectivity index (χ4n) is 1.87. The predicted octanol–water partition coefficient (Wildman–Crippen LogP) is 3.58. The molecule has 0 aliphatic carbocycles. The lowest BCUT2D eigenvalue weighted by Gasteiger charge is -2.09. The van der Waals surface area contributed by atoms with Crippen molar-refractivity contribution in [3.05, 3.63) is 64.7 Å². The van der Waals surface area contributed by atoms with Gasteiger partial charge in [-0.05, 0) is 48.4 Å². The van der Waals surface area contributed by atoms with Crippen molar-refractivity contribution >= 4 is 11.7 Å². The number of benzene rings is 2. The van der Waals surface area contributed by atoms with Crippen LogP contribution in [0.4, 0.5) is 14.5 Å². The highest BCUT2D eigenvalue weighted by Gasteiger charge is 2.07. The zero-order valence-electron chi connectivity index (χ0n) is 10.8. The number of carbonyl (C=O) groups is 1. The van der Waals surface area contributed by atoms with Crippen LogP contribution in [0.1, 0.15) is 21.5 Å². The van der Waals surface area contributed by atoms with Crippen LogP contribution in [0, 0.1) is 18.6 Å². The number of halogens is 2. The molecule has 0 fully saturated rings. The van der Waals surface area contributed by atoms with E-state index in [1.54, 1.807) is 19.1 Å². The van der Waals surface area contributed by atoms with Crippen LogP contribution in [0.15, 0.2) is 36.4 Å². The second-order valence-electron chi connectivity index (χ2n) is 4.44. The summed E-state index contributed by atoms with van der Waals surface area (Å²) >= 11 is 0. The molecule has 3 nitrogen and oxygen atoms in total. The van der Waals surface area contributed by atoms with Gasteiger partial charge < -0.3 is 10.4 Å². The highest BCUT2D eigenvalue weighted by molar-refractivity contribution is 5.89. The topological polar surface area (TPSA) is 49.3 Å². The molecular weight excluding hydrogens is 264 g/mol. The molecule has 5 heteroatoms. The zero-order chi connectivity index (χ0) is 14.7. The van der Waals surface area contributed by atoms with E-state index in [1.165, 1.54) is 12.1 Å². The summed E-state index contributed by atoms with van der Waals surface area (Å²) < 4.78 is 25.8. The fourth-order valence-corrected chi connectivity index (χ4v) is 1.87. The Morgan fingerprint density at radius 3 is 2.50 bits per heavy atom. The van der Waals surface area contributed by atoms with Gasteiger partial charge in [-0.25, -0.2) is 13.6 Å². The third kappa shape index (κ3) is 3.12. The minimum atomic E-state index is -0.977. The van der Waals surface area contributed by atoms with Gasteiger partial charge in [0.1, 0.15) is 0 Å². The third-order valence-corrected chi connectivity index (χ3v) is 2.94. The number of aryl methyl sites for hydroxylation is 1. The number of carboxylic acids is 1. The molecule has 0 saturated carbocycles. The first-order chi connectivity index (χ1) is 9.47. The van der Waals surface area contributed by atoms with Crippen molar-refractivity contribution < 1.29 is 18.7 Å². The van der Waals surface area contributed by atoms with Gasteiger partial charge in [0.15, 0.2) is 11.6 Å². The molecule has 0 heterocycles. The first kappa shape index (κ1) is 14.0. The van der Waals surface area contributed by atoms with Gasteiger partial charge in [-0.2, -0.15) is 0 Å². The molecule has 0 aliphatic heterocycles. The Kier molecular flexibility index (Phi) is 3.98. The summed E-state index contributed by atoms with van der Waals surface area (Å²) in [5, 5.41) is 12.0. The number of rotatable bonds is 4. The van der Waals surface area contributed by atoms with E-state index in [-0.39, 0.29) is 5.56 Å². The Bertz CT molecular complexity index is 656. The number of anilines is 1. The molecule has 104 valence electrons. The monoisotopic (exact) mass is 277 g/mol. The van der Waals surface area contributed by atoms with Gasteiger partial charge in [-0.1, -0.05) is 6.07 Å². The van der Waals surface area contributed by atoms with Crippen molar-refractivity contribution in [2.75, 3.05) is 5.32 Å². The van der Waals surface area contributed by atoms with Gasteiger partial charge in [0.2, 0.25) is 0 Å². The lowest BCUT2D eigenvalue weighted by molar-refractivity contribution is 0.0696. The molecule has 0 aliphatic rings. The van der Waals surface area contributed by atoms with E-state index in [2.05, 4.69) is 5.32 Å². The molecule has 0 aromatic heterocycles. The van der Waals surface area contributed by atoms with Crippen LogP contribution in [0.2, 0.25) is 0 Å². The molecule has 0 unspecified atom stereocenters. The van der Waals surface area contributed by atoms with Crippen molar-refractivity contribution in [3.63, 3.8) is 0 Å². The molecule has 2 N–H and O–H groups in total. The van der Waals surface area contributed by atoms with Crippen molar-refractivity contribution in [1.29, 1.82) is 0 Å². The summed E-state index contributed by atoms with van der Waals surface area (Å²) in [5.74, 6) is -2.74. The van der Waals surface area contributed by atoms with Gasteiger partial charge >= 0.3 is 5.97 Å². The maximum atomic E-state index is 13.0. The molecule has 2 aromatic rings. The van der Waals surface area contributed by atoms with Gasteiger partial charge in [-0.3, -0.25) is 0 Å². The maximum Gasteiger partial charge on any atom is 0.335 e. The van der Waals surface area contributed by atoms with E-state index >= 15 is 0 Å². The summed E-state index contributed by atoms with van der Waals surface area (Å²) in [5.41, 5.74) is 2.19. The maximum absolute atomic E-state index is 13.0. The third-order valence-electron chi connectivity index (χ3n) is 2.94. The average Bonchev–Trinajstić information content (AvgIpc) is 2.40. The quantitative estimate of drug-likeness (QED) is 0.898. The minimum absolute atomic E-state index is 0.239. The van der Waals surface area contributed by atoms with Crippen LogP contribution < -0.4 is 5.32 Å². The van der Waals surface area contributed by atoms with Crippen LogP contribution in [-0.2, 0) is 6.54 Å². The smallest absolute Gasteiger partial charge is 0.335 e. The number of hydrogen-bond donors (Lipinski definition) is 2. The molecule has 0 atom stereocenters. The second-order valence-corrected chi connectivity index (χ2v) is 4.44. The predicted molar refractivity (Wildman–Crippen MR) is 71.8 cm³/mol. The Labute approximate surface area is 114 Å². The number of nitrogens with one attached hydrogen (secondary N) is 1. The summed E-state index contributed by atoms with van der Waals surface area (Å²) in [6.45, 7) is 2.02. The lowest BCUT2D eigenvalue weighted by atomic mass is 10.1. The van der Waals surface area contributed by atoms with E-state index in [0.29, 0.717) is 17.7 Å². The molecule has 0 amide bonds. The standard InChI is InChI=1S/C15H13F2NO2/c1-9-6-11(3-4-12(9)15(19)20)18-8-10-2-5-13(16)14(17)7-10/h2-7,18H,8H2,1H3,(H,19,20). The molecule has 20 heavy (non-hydrogen) atoms. The Morgan fingerprint density at radius 2 is 1.90 bits per heavy atom. The van der Waals surface area contributed by atoms with Gasteiger partial charge in [0.25, 0.3) is 0 Å². The Hall–Kier alpha value is -2.43. The molecule has 0 saturated heterocycles. The van der Waals surface area contributed by atoms with Crippen LogP contribution in [0.3, 0.4) is 0 Å². The molecule has 0 radical (unpaired) electrons. The molecule has 0 bridgehead atoms. The molecular formula is C15H13F2NO2. The van der Waals surface area contributed by atoms with Gasteiger partial charge in [0, 0.05) is 12.2 Å². The first-order valence-corrected chi connectivity index (χ1v) is 5.99. The summed E-state index contributed by atoms with van der Waals surface area (Å²) in [7, 11) is 0. The van der Waals surface area contributed by atoms with Crippen molar-refractivity contribution in [2.45, 2.75) is 13.5 Å². The largest absolute Gasteiger partial charge is 0.478 e. The zero-order valence-corrected chi connectivity index (χ0v) is 10.8. The van der Waals surface area contributed by atoms with Crippen LogP contribution >= 0.6 is 0 Å². The normalized spacial score (nSPS) is 10.3. The second kappa shape index (κ2) is 5.69. The fraction of sp³-hybridized carbons (Fsp3) is 0.133. The number of carboxylic acid groups (broad SMARTS) is 1. The van der Waals surface area contributed by atoms with Crippen molar-refractivity contribution in [1.82, 2.24) is 0 Å². The van der Waals surface area contributed by atoms with Crippen LogP contribution in [-0.4, -0.2) is 11.1 Å². The Balaban J connectivity index is 2.09. The van der Waals surface area contributed by atoms with Crippen molar-refractivity contribution in [3.8, 4) is 0 Å². The molecule has 2 rings (SSSR count). The minimum Gasteiger partial charge on any atom is -0.478 e. The van der Waals surface area contributed by atoms with E-state index in [1.807, 2.05) is 0 Å². The summed E-state index contributed by atoms with van der Waals surface area (Å²) in [4.78, 5) is 10.9. The SMILES string of the molecule is Cc1cc(NCc2ccc(F)c(F)c2)ccc1C(=O)O. The van der Waals surface area contributed by atoms with Gasteiger partial charge in [-0.15, -0.1) is 0 Å². The van der Waals surface area contributed by atoms with E-state index in [4.69, 9.17) is 5.11 Å². The number of hydrogen-bond acceptors (Lipinski definition) is 2. The summed E-state index contributed by atoms with van der Waals surface area (Å²) in [6.07, 6.45) is 0. The lowest BCUT2D eigenvalue weighted by Crippen LogP contribution is -2.03. The van der Waals surface area contributed by atoms with Crippen molar-refractivity contribution in [2.24, 2.45) is 0 Å². The highest BCUT2D eigenvalue weighted by Crippen LogP contribution is 2.17. The van der Waals surface area contributed by atoms with Gasteiger partial charge in [0.05, 0.1) is 5.56 Å². The highest BCUT2D eigenvalue weighted by atomic mass is 19.2.